The van der Waals surface area contributed by atoms with Crippen molar-refractivity contribution in [2.24, 2.45) is 0 Å². The van der Waals surface area contributed by atoms with Gasteiger partial charge in [-0.05, 0) is 26.0 Å². The average molecular weight is 316 g/mol. The topological polar surface area (TPSA) is 95.7 Å². The fourth-order valence-electron chi connectivity index (χ4n) is 2.32. The lowest BCUT2D eigenvalue weighted by Crippen LogP contribution is -2.57. The number of benzene rings is 1. The van der Waals surface area contributed by atoms with E-state index in [1.165, 1.54) is 6.07 Å². The van der Waals surface area contributed by atoms with Crippen molar-refractivity contribution in [2.45, 2.75) is 25.9 Å². The molecule has 8 heteroatoms. The molecule has 0 saturated carbocycles. The third-order valence-corrected chi connectivity index (χ3v) is 3.71. The van der Waals surface area contributed by atoms with Crippen LogP contribution in [0.5, 0.6) is 5.75 Å². The SMILES string of the molecule is CC1NCCN(C(=O)c2ccc([N+](=O)[O-])c(O)c2)C1C.Cl. The van der Waals surface area contributed by atoms with Gasteiger partial charge in [0.05, 0.1) is 4.92 Å². The van der Waals surface area contributed by atoms with Crippen LogP contribution >= 0.6 is 12.4 Å². The molecule has 1 amide bonds. The van der Waals surface area contributed by atoms with Gasteiger partial charge in [-0.1, -0.05) is 0 Å². The van der Waals surface area contributed by atoms with E-state index < -0.39 is 16.4 Å². The summed E-state index contributed by atoms with van der Waals surface area (Å²) in [6.45, 7) is 5.22. The van der Waals surface area contributed by atoms with E-state index in [1.54, 1.807) is 4.90 Å². The minimum Gasteiger partial charge on any atom is -0.502 e. The molecule has 0 aliphatic carbocycles. The highest BCUT2D eigenvalue weighted by molar-refractivity contribution is 5.95. The highest BCUT2D eigenvalue weighted by Gasteiger charge is 2.29. The normalized spacial score (nSPS) is 21.5. The predicted molar refractivity (Wildman–Crippen MR) is 80.0 cm³/mol. The minimum absolute atomic E-state index is 0. The van der Waals surface area contributed by atoms with Crippen molar-refractivity contribution >= 4 is 24.0 Å². The van der Waals surface area contributed by atoms with Crippen molar-refractivity contribution in [3.8, 4) is 5.75 Å². The molecule has 1 heterocycles. The van der Waals surface area contributed by atoms with Crippen LogP contribution in [0.3, 0.4) is 0 Å². The summed E-state index contributed by atoms with van der Waals surface area (Å²) < 4.78 is 0. The van der Waals surface area contributed by atoms with Gasteiger partial charge in [-0.3, -0.25) is 14.9 Å². The molecule has 0 aromatic heterocycles. The van der Waals surface area contributed by atoms with E-state index >= 15 is 0 Å². The molecule has 0 radical (unpaired) electrons. The van der Waals surface area contributed by atoms with Gasteiger partial charge in [0.25, 0.3) is 5.91 Å². The molecule has 1 aliphatic rings. The van der Waals surface area contributed by atoms with E-state index in [4.69, 9.17) is 0 Å². The van der Waals surface area contributed by atoms with Gasteiger partial charge in [0.1, 0.15) is 0 Å². The maximum Gasteiger partial charge on any atom is 0.310 e. The summed E-state index contributed by atoms with van der Waals surface area (Å²) in [5, 5.41) is 23.5. The smallest absolute Gasteiger partial charge is 0.310 e. The summed E-state index contributed by atoms with van der Waals surface area (Å²) in [5.74, 6) is -0.715. The number of nitrogens with one attached hydrogen (secondary N) is 1. The van der Waals surface area contributed by atoms with Crippen molar-refractivity contribution in [1.82, 2.24) is 10.2 Å². The Balaban J connectivity index is 0.00000220. The van der Waals surface area contributed by atoms with Crippen molar-refractivity contribution in [2.75, 3.05) is 13.1 Å². The molecule has 2 unspecified atom stereocenters. The first-order chi connectivity index (χ1) is 9.41. The molecule has 1 aliphatic heterocycles. The second-order valence-corrected chi connectivity index (χ2v) is 4.94. The van der Waals surface area contributed by atoms with Crippen molar-refractivity contribution in [3.63, 3.8) is 0 Å². The Morgan fingerprint density at radius 1 is 1.48 bits per heavy atom. The molecule has 21 heavy (non-hydrogen) atoms. The van der Waals surface area contributed by atoms with Crippen LogP contribution in [0.25, 0.3) is 0 Å². The summed E-state index contributed by atoms with van der Waals surface area (Å²) in [6, 6.07) is 3.88. The molecule has 1 aromatic carbocycles. The molecule has 0 bridgehead atoms. The van der Waals surface area contributed by atoms with Crippen LogP contribution in [0, 0.1) is 10.1 Å². The van der Waals surface area contributed by atoms with Gasteiger partial charge in [0.15, 0.2) is 5.75 Å². The first-order valence-electron chi connectivity index (χ1n) is 6.43. The quantitative estimate of drug-likeness (QED) is 0.637. The molecule has 1 aromatic rings. The van der Waals surface area contributed by atoms with Crippen molar-refractivity contribution in [1.29, 1.82) is 0 Å². The number of halogens is 1. The number of amides is 1. The highest BCUT2D eigenvalue weighted by atomic mass is 35.5. The molecule has 2 rings (SSSR count). The molecule has 7 nitrogen and oxygen atoms in total. The number of aromatic hydroxyl groups is 1. The van der Waals surface area contributed by atoms with Crippen molar-refractivity contribution < 1.29 is 14.8 Å². The predicted octanol–water partition coefficient (Wildman–Crippen LogP) is 1.54. The van der Waals surface area contributed by atoms with Gasteiger partial charge in [-0.25, -0.2) is 0 Å². The van der Waals surface area contributed by atoms with E-state index in [0.717, 1.165) is 12.1 Å². The minimum atomic E-state index is -0.681. The van der Waals surface area contributed by atoms with Gasteiger partial charge in [0.2, 0.25) is 0 Å². The number of piperazine rings is 1. The van der Waals surface area contributed by atoms with Gasteiger partial charge < -0.3 is 15.3 Å². The van der Waals surface area contributed by atoms with E-state index in [2.05, 4.69) is 5.32 Å². The highest BCUT2D eigenvalue weighted by Crippen LogP contribution is 2.27. The summed E-state index contributed by atoms with van der Waals surface area (Å²) in [5.41, 5.74) is -0.141. The number of nitro groups is 1. The number of carbonyl (C=O) groups is 1. The number of rotatable bonds is 2. The zero-order valence-electron chi connectivity index (χ0n) is 11.8. The Bertz CT molecular complexity index is 552. The first kappa shape index (κ1) is 17.2. The van der Waals surface area contributed by atoms with Gasteiger partial charge in [0, 0.05) is 36.8 Å². The number of nitro benzene ring substituents is 1. The molecule has 116 valence electrons. The second-order valence-electron chi connectivity index (χ2n) is 4.94. The number of phenolic OH excluding ortho intramolecular Hbond substituents is 1. The number of hydrogen-bond acceptors (Lipinski definition) is 5. The summed E-state index contributed by atoms with van der Waals surface area (Å²) in [7, 11) is 0. The van der Waals surface area contributed by atoms with Gasteiger partial charge >= 0.3 is 5.69 Å². The molecule has 2 N–H and O–H groups in total. The van der Waals surface area contributed by atoms with Crippen molar-refractivity contribution in [3.05, 3.63) is 33.9 Å². The van der Waals surface area contributed by atoms with Crippen LogP contribution in [0.4, 0.5) is 5.69 Å². The molecule has 1 saturated heterocycles. The van der Waals surface area contributed by atoms with E-state index in [1.807, 2.05) is 13.8 Å². The third kappa shape index (κ3) is 3.43. The Labute approximate surface area is 128 Å². The molecule has 2 atom stereocenters. The zero-order valence-corrected chi connectivity index (χ0v) is 12.6. The standard InChI is InChI=1S/C13H17N3O4.ClH/c1-8-9(2)15(6-5-14-8)13(18)10-3-4-11(16(19)20)12(17)7-10;/h3-4,7-9,14,17H,5-6H2,1-2H3;1H. The largest absolute Gasteiger partial charge is 0.502 e. The van der Waals surface area contributed by atoms with Crippen LogP contribution in [0.15, 0.2) is 18.2 Å². The second kappa shape index (κ2) is 6.73. The maximum absolute atomic E-state index is 12.4. The lowest BCUT2D eigenvalue weighted by molar-refractivity contribution is -0.385. The molecule has 0 spiro atoms. The zero-order chi connectivity index (χ0) is 14.9. The Hall–Kier alpha value is -1.86. The number of nitrogens with zero attached hydrogens (tertiary/aromatic N) is 2. The van der Waals surface area contributed by atoms with E-state index in [9.17, 15) is 20.0 Å². The number of hydrogen-bond donors (Lipinski definition) is 2. The van der Waals surface area contributed by atoms with E-state index in [-0.39, 0.29) is 36.0 Å². The fourth-order valence-corrected chi connectivity index (χ4v) is 2.32. The summed E-state index contributed by atoms with van der Waals surface area (Å²) in [6.07, 6.45) is 0. The maximum atomic E-state index is 12.4. The molecule has 1 fully saturated rings. The first-order valence-corrected chi connectivity index (χ1v) is 6.43. The monoisotopic (exact) mass is 315 g/mol. The van der Waals surface area contributed by atoms with Crippen LogP contribution in [0.1, 0.15) is 24.2 Å². The third-order valence-electron chi connectivity index (χ3n) is 3.71. The fraction of sp³-hybridized carbons (Fsp3) is 0.462. The van der Waals surface area contributed by atoms with Crippen LogP contribution in [0.2, 0.25) is 0 Å². The Morgan fingerprint density at radius 3 is 2.71 bits per heavy atom. The Morgan fingerprint density at radius 2 is 2.14 bits per heavy atom. The Kier molecular flexibility index (Phi) is 5.51. The van der Waals surface area contributed by atoms with Gasteiger partial charge in [-0.15, -0.1) is 12.4 Å². The van der Waals surface area contributed by atoms with Crippen LogP contribution in [-0.2, 0) is 0 Å². The van der Waals surface area contributed by atoms with Gasteiger partial charge in [-0.2, -0.15) is 0 Å². The molecular formula is C13H18ClN3O4. The number of phenols is 1. The van der Waals surface area contributed by atoms with E-state index in [0.29, 0.717) is 13.1 Å². The number of carbonyl (C=O) groups excluding carboxylic acids is 1. The average Bonchev–Trinajstić information content (AvgIpc) is 2.40. The summed E-state index contributed by atoms with van der Waals surface area (Å²) in [4.78, 5) is 24.1. The lowest BCUT2D eigenvalue weighted by atomic mass is 10.0. The van der Waals surface area contributed by atoms with Crippen LogP contribution < -0.4 is 5.32 Å². The summed E-state index contributed by atoms with van der Waals surface area (Å²) >= 11 is 0. The van der Waals surface area contributed by atoms with Crippen LogP contribution in [-0.4, -0.2) is 46.0 Å². The lowest BCUT2D eigenvalue weighted by Gasteiger charge is -2.38. The molecular weight excluding hydrogens is 298 g/mol.